The Balaban J connectivity index is 1.35. The summed E-state index contributed by atoms with van der Waals surface area (Å²) in [5.74, 6) is 1.06. The van der Waals surface area contributed by atoms with Crippen LogP contribution in [0.3, 0.4) is 0 Å². The molecule has 142 valence electrons. The van der Waals surface area contributed by atoms with E-state index in [0.29, 0.717) is 6.61 Å². The molecular formula is C23H22N2O2S. The van der Waals surface area contributed by atoms with Crippen molar-refractivity contribution < 1.29 is 9.53 Å². The molecule has 5 heteroatoms. The SMILES string of the molecule is Cc1cccc2c1-c1sc(C(=O)N3CCN(c4ccccc4)CC3)cc1CO2. The molecule has 0 aliphatic carbocycles. The summed E-state index contributed by atoms with van der Waals surface area (Å²) in [6.07, 6.45) is 0. The van der Waals surface area contributed by atoms with E-state index in [-0.39, 0.29) is 5.91 Å². The summed E-state index contributed by atoms with van der Waals surface area (Å²) in [6.45, 7) is 5.88. The molecule has 2 aliphatic rings. The van der Waals surface area contributed by atoms with E-state index in [9.17, 15) is 4.79 Å². The Kier molecular flexibility index (Phi) is 4.32. The van der Waals surface area contributed by atoms with Crippen LogP contribution in [0.4, 0.5) is 5.69 Å². The highest BCUT2D eigenvalue weighted by molar-refractivity contribution is 7.17. The number of hydrogen-bond acceptors (Lipinski definition) is 4. The highest BCUT2D eigenvalue weighted by Crippen LogP contribution is 2.44. The second-order valence-corrected chi connectivity index (χ2v) is 8.37. The van der Waals surface area contributed by atoms with Gasteiger partial charge in [0.05, 0.1) is 4.88 Å². The van der Waals surface area contributed by atoms with Crippen LogP contribution < -0.4 is 9.64 Å². The minimum atomic E-state index is 0.141. The smallest absolute Gasteiger partial charge is 0.264 e. The molecule has 0 spiro atoms. The third-order valence-electron chi connectivity index (χ3n) is 5.55. The molecule has 28 heavy (non-hydrogen) atoms. The number of hydrogen-bond donors (Lipinski definition) is 0. The first-order valence-corrected chi connectivity index (χ1v) is 10.5. The number of anilines is 1. The maximum Gasteiger partial charge on any atom is 0.264 e. The van der Waals surface area contributed by atoms with Crippen LogP contribution in [0.15, 0.2) is 54.6 Å². The minimum Gasteiger partial charge on any atom is -0.488 e. The van der Waals surface area contributed by atoms with Crippen molar-refractivity contribution >= 4 is 22.9 Å². The van der Waals surface area contributed by atoms with Gasteiger partial charge in [0.15, 0.2) is 0 Å². The number of benzene rings is 2. The number of nitrogens with zero attached hydrogens (tertiary/aromatic N) is 2. The van der Waals surface area contributed by atoms with Gasteiger partial charge in [0.25, 0.3) is 5.91 Å². The maximum absolute atomic E-state index is 13.1. The third-order valence-corrected chi connectivity index (χ3v) is 6.74. The normalized spacial score (nSPS) is 15.6. The number of aryl methyl sites for hydroxylation is 1. The van der Waals surface area contributed by atoms with Crippen molar-refractivity contribution in [2.24, 2.45) is 0 Å². The Bertz CT molecular complexity index is 1020. The zero-order valence-electron chi connectivity index (χ0n) is 15.9. The molecule has 0 saturated carbocycles. The van der Waals surface area contributed by atoms with E-state index in [1.54, 1.807) is 11.3 Å². The van der Waals surface area contributed by atoms with E-state index < -0.39 is 0 Å². The Labute approximate surface area is 169 Å². The predicted molar refractivity (Wildman–Crippen MR) is 113 cm³/mol. The lowest BCUT2D eigenvalue weighted by Crippen LogP contribution is -2.48. The largest absolute Gasteiger partial charge is 0.488 e. The van der Waals surface area contributed by atoms with Gasteiger partial charge in [0, 0.05) is 47.9 Å². The van der Waals surface area contributed by atoms with Crippen molar-refractivity contribution in [3.8, 4) is 16.2 Å². The van der Waals surface area contributed by atoms with Gasteiger partial charge < -0.3 is 14.5 Å². The van der Waals surface area contributed by atoms with Crippen LogP contribution in [0.1, 0.15) is 20.8 Å². The number of thiophene rings is 1. The van der Waals surface area contributed by atoms with Crippen molar-refractivity contribution in [2.45, 2.75) is 13.5 Å². The molecule has 4 nitrogen and oxygen atoms in total. The summed E-state index contributed by atoms with van der Waals surface area (Å²) < 4.78 is 5.91. The molecule has 3 aromatic rings. The Morgan fingerprint density at radius 1 is 1.00 bits per heavy atom. The van der Waals surface area contributed by atoms with E-state index >= 15 is 0 Å². The van der Waals surface area contributed by atoms with Gasteiger partial charge in [-0.15, -0.1) is 11.3 Å². The van der Waals surface area contributed by atoms with Crippen LogP contribution in [-0.4, -0.2) is 37.0 Å². The van der Waals surface area contributed by atoms with Gasteiger partial charge in [0.2, 0.25) is 0 Å². The second kappa shape index (κ2) is 6.99. The zero-order valence-corrected chi connectivity index (χ0v) is 16.7. The number of ether oxygens (including phenoxy) is 1. The zero-order chi connectivity index (χ0) is 19.1. The standard InChI is InChI=1S/C23H22N2O2S/c1-16-6-5-9-19-21(16)22-17(15-27-19)14-20(28-22)23(26)25-12-10-24(11-13-25)18-7-3-2-4-8-18/h2-9,14H,10-13,15H2,1H3. The number of fused-ring (bicyclic) bond motifs is 3. The van der Waals surface area contributed by atoms with Crippen LogP contribution in [0.2, 0.25) is 0 Å². The lowest BCUT2D eigenvalue weighted by atomic mass is 10.0. The van der Waals surface area contributed by atoms with Crippen LogP contribution >= 0.6 is 11.3 Å². The van der Waals surface area contributed by atoms with Gasteiger partial charge in [0.1, 0.15) is 12.4 Å². The number of para-hydroxylation sites is 1. The van der Waals surface area contributed by atoms with Crippen LogP contribution in [0.25, 0.3) is 10.4 Å². The Morgan fingerprint density at radius 2 is 1.79 bits per heavy atom. The lowest BCUT2D eigenvalue weighted by Gasteiger charge is -2.36. The fourth-order valence-electron chi connectivity index (χ4n) is 4.02. The molecule has 0 N–H and O–H groups in total. The number of piperazine rings is 1. The molecule has 1 saturated heterocycles. The van der Waals surface area contributed by atoms with Crippen molar-refractivity contribution in [2.75, 3.05) is 31.1 Å². The van der Waals surface area contributed by atoms with E-state index in [2.05, 4.69) is 42.2 Å². The fraction of sp³-hybridized carbons (Fsp3) is 0.261. The van der Waals surface area contributed by atoms with Gasteiger partial charge >= 0.3 is 0 Å². The van der Waals surface area contributed by atoms with Gasteiger partial charge in [-0.2, -0.15) is 0 Å². The first kappa shape index (κ1) is 17.3. The van der Waals surface area contributed by atoms with Gasteiger partial charge in [-0.1, -0.05) is 30.3 Å². The molecule has 0 unspecified atom stereocenters. The van der Waals surface area contributed by atoms with Crippen LogP contribution in [0, 0.1) is 6.92 Å². The summed E-state index contributed by atoms with van der Waals surface area (Å²) in [4.78, 5) is 19.5. The lowest BCUT2D eigenvalue weighted by molar-refractivity contribution is 0.0751. The van der Waals surface area contributed by atoms with Crippen molar-refractivity contribution in [3.05, 3.63) is 70.6 Å². The summed E-state index contributed by atoms with van der Waals surface area (Å²) in [5, 5.41) is 0. The van der Waals surface area contributed by atoms with Crippen LogP contribution in [-0.2, 0) is 6.61 Å². The second-order valence-electron chi connectivity index (χ2n) is 7.32. The van der Waals surface area contributed by atoms with Crippen molar-refractivity contribution in [3.63, 3.8) is 0 Å². The summed E-state index contributed by atoms with van der Waals surface area (Å²) in [6, 6.07) is 18.6. The van der Waals surface area contributed by atoms with E-state index in [1.165, 1.54) is 16.1 Å². The number of carbonyl (C=O) groups is 1. The topological polar surface area (TPSA) is 32.8 Å². The molecular weight excluding hydrogens is 368 g/mol. The number of amides is 1. The minimum absolute atomic E-state index is 0.141. The number of rotatable bonds is 2. The van der Waals surface area contributed by atoms with Gasteiger partial charge in [-0.05, 0) is 36.8 Å². The van der Waals surface area contributed by atoms with E-state index in [1.807, 2.05) is 29.2 Å². The average molecular weight is 391 g/mol. The summed E-state index contributed by atoms with van der Waals surface area (Å²) >= 11 is 1.61. The highest BCUT2D eigenvalue weighted by Gasteiger charge is 2.27. The number of carbonyl (C=O) groups excluding carboxylic acids is 1. The van der Waals surface area contributed by atoms with E-state index in [4.69, 9.17) is 4.74 Å². The predicted octanol–water partition coefficient (Wildman–Crippen LogP) is 4.58. The molecule has 1 aromatic heterocycles. The molecule has 3 heterocycles. The summed E-state index contributed by atoms with van der Waals surface area (Å²) in [5.41, 5.74) is 4.68. The monoisotopic (exact) mass is 390 g/mol. The van der Waals surface area contributed by atoms with Gasteiger partial charge in [-0.3, -0.25) is 4.79 Å². The molecule has 2 aliphatic heterocycles. The van der Waals surface area contributed by atoms with Crippen molar-refractivity contribution in [1.82, 2.24) is 4.90 Å². The van der Waals surface area contributed by atoms with Crippen LogP contribution in [0.5, 0.6) is 5.75 Å². The van der Waals surface area contributed by atoms with E-state index in [0.717, 1.165) is 47.9 Å². The quantitative estimate of drug-likeness (QED) is 0.642. The first-order valence-electron chi connectivity index (χ1n) is 9.65. The highest BCUT2D eigenvalue weighted by atomic mass is 32.1. The fourth-order valence-corrected chi connectivity index (χ4v) is 5.27. The van der Waals surface area contributed by atoms with Gasteiger partial charge in [-0.25, -0.2) is 0 Å². The molecule has 0 radical (unpaired) electrons. The Morgan fingerprint density at radius 3 is 2.57 bits per heavy atom. The molecule has 5 rings (SSSR count). The molecule has 1 amide bonds. The molecule has 1 fully saturated rings. The average Bonchev–Trinajstić information content (AvgIpc) is 3.18. The van der Waals surface area contributed by atoms with Crippen molar-refractivity contribution in [1.29, 1.82) is 0 Å². The molecule has 0 bridgehead atoms. The third kappa shape index (κ3) is 2.96. The first-order chi connectivity index (χ1) is 13.7. The maximum atomic E-state index is 13.1. The molecule has 2 aromatic carbocycles. The molecule has 0 atom stereocenters. The summed E-state index contributed by atoms with van der Waals surface area (Å²) in [7, 11) is 0. The Hall–Kier alpha value is -2.79.